The molecule has 0 spiro atoms. The number of benzene rings is 1. The Morgan fingerprint density at radius 3 is 2.00 bits per heavy atom. The van der Waals surface area contributed by atoms with Gasteiger partial charge >= 0.3 is 7.60 Å². The first-order valence-corrected chi connectivity index (χ1v) is 10.1. The molecule has 1 aromatic carbocycles. The maximum Gasteiger partial charge on any atom is 0.344 e. The van der Waals surface area contributed by atoms with Crippen molar-refractivity contribution in [2.24, 2.45) is 0 Å². The maximum atomic E-state index is 13.6. The van der Waals surface area contributed by atoms with Crippen LogP contribution in [0.3, 0.4) is 0 Å². The van der Waals surface area contributed by atoms with Gasteiger partial charge in [0.25, 0.3) is 0 Å². The Morgan fingerprint density at radius 1 is 1.04 bits per heavy atom. The molecule has 1 aliphatic rings. The molecule has 1 amide bonds. The van der Waals surface area contributed by atoms with E-state index in [-0.39, 0.29) is 30.1 Å². The van der Waals surface area contributed by atoms with E-state index >= 15 is 0 Å². The number of hydrogen-bond donors (Lipinski definition) is 0. The van der Waals surface area contributed by atoms with Crippen molar-refractivity contribution in [2.45, 2.75) is 64.4 Å². The zero-order valence-corrected chi connectivity index (χ0v) is 16.2. The van der Waals surface area contributed by atoms with Crippen LogP contribution in [-0.2, 0) is 18.4 Å². The molecule has 0 radical (unpaired) electrons. The van der Waals surface area contributed by atoms with Gasteiger partial charge in [-0.2, -0.15) is 0 Å². The summed E-state index contributed by atoms with van der Waals surface area (Å²) in [5, 5.41) is 0. The van der Waals surface area contributed by atoms with E-state index < -0.39 is 13.3 Å². The van der Waals surface area contributed by atoms with Gasteiger partial charge in [-0.25, -0.2) is 0 Å². The Kier molecular flexibility index (Phi) is 5.90. The molecular formula is C18H28NO4P. The van der Waals surface area contributed by atoms with E-state index in [1.54, 1.807) is 39.6 Å². The highest BCUT2D eigenvalue weighted by Crippen LogP contribution is 2.62. The molecule has 24 heavy (non-hydrogen) atoms. The van der Waals surface area contributed by atoms with Crippen molar-refractivity contribution < 1.29 is 18.4 Å². The lowest BCUT2D eigenvalue weighted by Gasteiger charge is -2.30. The lowest BCUT2D eigenvalue weighted by Crippen LogP contribution is -2.30. The van der Waals surface area contributed by atoms with E-state index in [1.807, 2.05) is 37.3 Å². The fourth-order valence-electron chi connectivity index (χ4n) is 3.28. The van der Waals surface area contributed by atoms with E-state index in [2.05, 4.69) is 0 Å². The number of likely N-dealkylation sites (tertiary alicyclic amines) is 1. The van der Waals surface area contributed by atoms with Crippen molar-refractivity contribution in [1.82, 2.24) is 4.90 Å². The Bertz CT molecular complexity index is 603. The number of likely N-dealkylation sites (N-methyl/N-ethyl adjacent to an activating group) is 1. The molecule has 1 saturated heterocycles. The molecule has 0 saturated carbocycles. The molecule has 3 atom stereocenters. The maximum absolute atomic E-state index is 13.6. The van der Waals surface area contributed by atoms with Gasteiger partial charge in [0.1, 0.15) is 5.66 Å². The topological polar surface area (TPSA) is 55.8 Å². The molecule has 1 aromatic rings. The first-order valence-electron chi connectivity index (χ1n) is 8.45. The summed E-state index contributed by atoms with van der Waals surface area (Å²) in [6.07, 6.45) is -0.583. The molecule has 1 fully saturated rings. The second-order valence-corrected chi connectivity index (χ2v) is 8.98. The standard InChI is InChI=1S/C18H28NO4P/c1-12(2)22-24(21,23-13(3)4)17-16(14(5)19(6)18(17)20)15-10-8-7-9-11-15/h7-14,16-17H,1-6H3/t14-,16+,17+/m0/s1. The highest BCUT2D eigenvalue weighted by Gasteiger charge is 2.56. The summed E-state index contributed by atoms with van der Waals surface area (Å²) < 4.78 is 25.1. The zero-order valence-electron chi connectivity index (χ0n) is 15.3. The van der Waals surface area contributed by atoms with E-state index in [1.165, 1.54) is 0 Å². The van der Waals surface area contributed by atoms with Gasteiger partial charge in [-0.1, -0.05) is 30.3 Å². The summed E-state index contributed by atoms with van der Waals surface area (Å²) in [5.41, 5.74) is 0.164. The Hall–Kier alpha value is -1.16. The van der Waals surface area contributed by atoms with E-state index in [0.717, 1.165) is 5.56 Å². The van der Waals surface area contributed by atoms with Crippen molar-refractivity contribution in [3.05, 3.63) is 35.9 Å². The van der Waals surface area contributed by atoms with Crippen molar-refractivity contribution >= 4 is 13.5 Å². The smallest absolute Gasteiger partial charge is 0.342 e. The summed E-state index contributed by atoms with van der Waals surface area (Å²) in [4.78, 5) is 14.6. The summed E-state index contributed by atoms with van der Waals surface area (Å²) >= 11 is 0. The molecule has 0 aromatic heterocycles. The molecule has 0 unspecified atom stereocenters. The summed E-state index contributed by atoms with van der Waals surface area (Å²) in [6.45, 7) is 9.20. The minimum atomic E-state index is -3.62. The molecule has 5 nitrogen and oxygen atoms in total. The van der Waals surface area contributed by atoms with Gasteiger partial charge in [-0.15, -0.1) is 0 Å². The molecule has 0 aliphatic carbocycles. The van der Waals surface area contributed by atoms with Crippen molar-refractivity contribution in [3.8, 4) is 0 Å². The largest absolute Gasteiger partial charge is 0.344 e. The molecule has 134 valence electrons. The number of hydrogen-bond acceptors (Lipinski definition) is 4. The van der Waals surface area contributed by atoms with Crippen LogP contribution in [0.5, 0.6) is 0 Å². The number of nitrogens with zero attached hydrogens (tertiary/aromatic N) is 1. The van der Waals surface area contributed by atoms with Crippen LogP contribution in [0.1, 0.15) is 46.1 Å². The molecule has 0 bridgehead atoms. The Morgan fingerprint density at radius 2 is 1.54 bits per heavy atom. The monoisotopic (exact) mass is 353 g/mol. The minimum Gasteiger partial charge on any atom is -0.342 e. The van der Waals surface area contributed by atoms with Crippen molar-refractivity contribution in [1.29, 1.82) is 0 Å². The predicted molar refractivity (Wildman–Crippen MR) is 95.3 cm³/mol. The highest BCUT2D eigenvalue weighted by atomic mass is 31.2. The lowest BCUT2D eigenvalue weighted by atomic mass is 9.92. The Labute approximate surface area is 144 Å². The van der Waals surface area contributed by atoms with Crippen LogP contribution in [0.25, 0.3) is 0 Å². The molecule has 1 heterocycles. The summed E-state index contributed by atoms with van der Waals surface area (Å²) in [7, 11) is -1.87. The first-order chi connectivity index (χ1) is 11.2. The molecule has 6 heteroatoms. The number of rotatable bonds is 6. The normalized spacial score (nSPS) is 25.1. The van der Waals surface area contributed by atoms with Gasteiger partial charge in [0.05, 0.1) is 12.2 Å². The van der Waals surface area contributed by atoms with Gasteiger partial charge in [-0.05, 0) is 40.2 Å². The fourth-order valence-corrected chi connectivity index (χ4v) is 6.03. The van der Waals surface area contributed by atoms with Crippen LogP contribution in [0.2, 0.25) is 0 Å². The molecular weight excluding hydrogens is 325 g/mol. The first kappa shape index (κ1) is 19.2. The summed E-state index contributed by atoms with van der Waals surface area (Å²) in [5.74, 6) is -0.409. The second-order valence-electron chi connectivity index (χ2n) is 6.92. The Balaban J connectivity index is 2.52. The quantitative estimate of drug-likeness (QED) is 0.724. The molecule has 2 rings (SSSR count). The van der Waals surface area contributed by atoms with Crippen LogP contribution in [-0.4, -0.2) is 41.8 Å². The average Bonchev–Trinajstić information content (AvgIpc) is 2.71. The van der Waals surface area contributed by atoms with Crippen molar-refractivity contribution in [3.63, 3.8) is 0 Å². The number of carbonyl (C=O) groups excluding carboxylic acids is 1. The van der Waals surface area contributed by atoms with Crippen LogP contribution >= 0.6 is 7.60 Å². The van der Waals surface area contributed by atoms with Crippen LogP contribution in [0.4, 0.5) is 0 Å². The van der Waals surface area contributed by atoms with Gasteiger partial charge in [0.15, 0.2) is 0 Å². The van der Waals surface area contributed by atoms with Gasteiger partial charge in [0.2, 0.25) is 5.91 Å². The van der Waals surface area contributed by atoms with Crippen LogP contribution < -0.4 is 0 Å². The van der Waals surface area contributed by atoms with Gasteiger partial charge in [0, 0.05) is 19.0 Å². The third kappa shape index (κ3) is 3.74. The minimum absolute atomic E-state index is 0.0789. The van der Waals surface area contributed by atoms with Crippen LogP contribution in [0, 0.1) is 0 Å². The summed E-state index contributed by atoms with van der Waals surface area (Å²) in [6, 6.07) is 9.65. The number of carbonyl (C=O) groups is 1. The van der Waals surface area contributed by atoms with E-state index in [4.69, 9.17) is 9.05 Å². The fraction of sp³-hybridized carbons (Fsp3) is 0.611. The van der Waals surface area contributed by atoms with Gasteiger partial charge in [-0.3, -0.25) is 9.36 Å². The second kappa shape index (κ2) is 7.38. The average molecular weight is 353 g/mol. The third-order valence-electron chi connectivity index (χ3n) is 4.31. The zero-order chi connectivity index (χ0) is 18.1. The highest BCUT2D eigenvalue weighted by molar-refractivity contribution is 7.56. The predicted octanol–water partition coefficient (Wildman–Crippen LogP) is 4.04. The number of amides is 1. The van der Waals surface area contributed by atoms with Crippen molar-refractivity contribution in [2.75, 3.05) is 7.05 Å². The molecule has 1 aliphatic heterocycles. The van der Waals surface area contributed by atoms with E-state index in [0.29, 0.717) is 0 Å². The SMILES string of the molecule is CC(C)OP(=O)(OC(C)C)[C@H]1C(=O)N(C)[C@@H](C)[C@@H]1c1ccccc1. The lowest BCUT2D eigenvalue weighted by molar-refractivity contribution is -0.127. The van der Waals surface area contributed by atoms with Crippen LogP contribution in [0.15, 0.2) is 30.3 Å². The molecule has 0 N–H and O–H groups in total. The van der Waals surface area contributed by atoms with E-state index in [9.17, 15) is 9.36 Å². The third-order valence-corrected chi connectivity index (χ3v) is 6.97. The van der Waals surface area contributed by atoms with Gasteiger partial charge < -0.3 is 13.9 Å².